The Balaban J connectivity index is 1.80. The van der Waals surface area contributed by atoms with E-state index in [1.165, 1.54) is 5.69 Å². The summed E-state index contributed by atoms with van der Waals surface area (Å²) >= 11 is 0. The van der Waals surface area contributed by atoms with Crippen LogP contribution in [0.25, 0.3) is 0 Å². The number of piperazine rings is 1. The fourth-order valence-corrected chi connectivity index (χ4v) is 3.82. The van der Waals surface area contributed by atoms with Crippen molar-refractivity contribution in [1.29, 1.82) is 0 Å². The van der Waals surface area contributed by atoms with Crippen LogP contribution in [-0.4, -0.2) is 69.0 Å². The van der Waals surface area contributed by atoms with E-state index < -0.39 is 18.3 Å². The zero-order chi connectivity index (χ0) is 21.2. The summed E-state index contributed by atoms with van der Waals surface area (Å²) in [6, 6.07) is 8.49. The molecule has 3 rings (SSSR count). The van der Waals surface area contributed by atoms with Crippen molar-refractivity contribution in [3.63, 3.8) is 0 Å². The standard InChI is InChI=1S/C22H35BN2O4/c1-7-27-20(26)16-19(23-28-21(2,3)22(4,5)29-23)17-8-10-18(11-9-17)25-14-12-24(6)13-15-25/h8-11,19H,7,12-16H2,1-6H3. The molecule has 0 aromatic heterocycles. The molecule has 29 heavy (non-hydrogen) atoms. The Kier molecular flexibility index (Phi) is 6.61. The first-order valence-corrected chi connectivity index (χ1v) is 10.7. The van der Waals surface area contributed by atoms with Gasteiger partial charge in [-0.05, 0) is 59.4 Å². The van der Waals surface area contributed by atoms with Crippen molar-refractivity contribution in [2.45, 2.75) is 58.1 Å². The normalized spacial score (nSPS) is 22.6. The van der Waals surface area contributed by atoms with Crippen LogP contribution in [0.3, 0.4) is 0 Å². The highest BCUT2D eigenvalue weighted by molar-refractivity contribution is 6.48. The number of benzene rings is 1. The van der Waals surface area contributed by atoms with E-state index in [-0.39, 0.29) is 18.2 Å². The maximum Gasteiger partial charge on any atom is 0.466 e. The number of nitrogens with zero attached hydrogens (tertiary/aromatic N) is 2. The topological polar surface area (TPSA) is 51.2 Å². The Bertz CT molecular complexity index is 683. The minimum atomic E-state index is -0.487. The monoisotopic (exact) mass is 402 g/mol. The molecule has 2 fully saturated rings. The summed E-state index contributed by atoms with van der Waals surface area (Å²) in [5.41, 5.74) is 1.37. The first kappa shape index (κ1) is 22.1. The molecule has 0 saturated carbocycles. The molecular weight excluding hydrogens is 367 g/mol. The van der Waals surface area contributed by atoms with E-state index in [0.29, 0.717) is 6.61 Å². The van der Waals surface area contributed by atoms with Gasteiger partial charge >= 0.3 is 13.1 Å². The Morgan fingerprint density at radius 2 is 1.62 bits per heavy atom. The Hall–Kier alpha value is -1.57. The second kappa shape index (κ2) is 8.66. The van der Waals surface area contributed by atoms with E-state index in [1.807, 2.05) is 34.6 Å². The number of ether oxygens (including phenoxy) is 1. The molecule has 0 amide bonds. The van der Waals surface area contributed by atoms with E-state index >= 15 is 0 Å². The molecule has 2 aliphatic rings. The van der Waals surface area contributed by atoms with Crippen LogP contribution in [0.5, 0.6) is 0 Å². The lowest BCUT2D eigenvalue weighted by Gasteiger charge is -2.34. The molecule has 0 radical (unpaired) electrons. The van der Waals surface area contributed by atoms with E-state index in [4.69, 9.17) is 14.0 Å². The van der Waals surface area contributed by atoms with Crippen LogP contribution in [0.15, 0.2) is 24.3 Å². The molecule has 160 valence electrons. The first-order valence-electron chi connectivity index (χ1n) is 10.7. The zero-order valence-corrected chi connectivity index (χ0v) is 18.7. The van der Waals surface area contributed by atoms with Gasteiger partial charge < -0.3 is 23.8 Å². The minimum absolute atomic E-state index is 0.211. The fourth-order valence-electron chi connectivity index (χ4n) is 3.82. The second-order valence-electron chi connectivity index (χ2n) is 9.12. The molecule has 7 heteroatoms. The van der Waals surface area contributed by atoms with Crippen LogP contribution in [0.4, 0.5) is 5.69 Å². The third kappa shape index (κ3) is 4.96. The second-order valence-corrected chi connectivity index (χ2v) is 9.12. The molecular formula is C22H35BN2O4. The Morgan fingerprint density at radius 3 is 2.14 bits per heavy atom. The Morgan fingerprint density at radius 1 is 1.07 bits per heavy atom. The number of rotatable bonds is 6. The fraction of sp³-hybridized carbons (Fsp3) is 0.682. The number of likely N-dealkylation sites (N-methyl/N-ethyl adjacent to an activating group) is 1. The van der Waals surface area contributed by atoms with Gasteiger partial charge in [0, 0.05) is 37.7 Å². The van der Waals surface area contributed by atoms with Crippen molar-refractivity contribution >= 4 is 18.8 Å². The Labute approximate surface area is 175 Å². The molecule has 1 aromatic rings. The van der Waals surface area contributed by atoms with E-state index in [9.17, 15) is 4.79 Å². The van der Waals surface area contributed by atoms with Crippen molar-refractivity contribution in [2.75, 3.05) is 44.7 Å². The third-order valence-corrected chi connectivity index (χ3v) is 6.48. The largest absolute Gasteiger partial charge is 0.466 e. The summed E-state index contributed by atoms with van der Waals surface area (Å²) in [4.78, 5) is 17.1. The average molecular weight is 402 g/mol. The van der Waals surface area contributed by atoms with Crippen LogP contribution in [0, 0.1) is 0 Å². The van der Waals surface area contributed by atoms with Gasteiger partial charge in [0.25, 0.3) is 0 Å². The summed E-state index contributed by atoms with van der Waals surface area (Å²) in [6.45, 7) is 14.5. The molecule has 1 atom stereocenters. The van der Waals surface area contributed by atoms with Crippen molar-refractivity contribution < 1.29 is 18.8 Å². The summed E-state index contributed by atoms with van der Waals surface area (Å²) in [5.74, 6) is -0.438. The van der Waals surface area contributed by atoms with Crippen LogP contribution >= 0.6 is 0 Å². The maximum atomic E-state index is 12.3. The van der Waals surface area contributed by atoms with Crippen LogP contribution in [-0.2, 0) is 18.8 Å². The zero-order valence-electron chi connectivity index (χ0n) is 18.7. The highest BCUT2D eigenvalue weighted by Gasteiger charge is 2.54. The molecule has 0 N–H and O–H groups in total. The van der Waals surface area contributed by atoms with Crippen molar-refractivity contribution in [3.8, 4) is 0 Å². The number of esters is 1. The molecule has 0 spiro atoms. The summed E-state index contributed by atoms with van der Waals surface area (Å²) in [5, 5.41) is 0. The van der Waals surface area contributed by atoms with Gasteiger partial charge in [-0.15, -0.1) is 0 Å². The summed E-state index contributed by atoms with van der Waals surface area (Å²) < 4.78 is 17.8. The van der Waals surface area contributed by atoms with Gasteiger partial charge in [-0.2, -0.15) is 0 Å². The molecule has 2 aliphatic heterocycles. The van der Waals surface area contributed by atoms with Gasteiger partial charge in [0.15, 0.2) is 0 Å². The molecule has 0 aliphatic carbocycles. The predicted octanol–water partition coefficient (Wildman–Crippen LogP) is 3.11. The third-order valence-electron chi connectivity index (χ3n) is 6.48. The van der Waals surface area contributed by atoms with Gasteiger partial charge in [0.1, 0.15) is 0 Å². The van der Waals surface area contributed by atoms with Crippen molar-refractivity contribution in [2.24, 2.45) is 0 Å². The van der Waals surface area contributed by atoms with Crippen LogP contribution < -0.4 is 4.90 Å². The van der Waals surface area contributed by atoms with Crippen molar-refractivity contribution in [3.05, 3.63) is 29.8 Å². The van der Waals surface area contributed by atoms with Gasteiger partial charge in [-0.1, -0.05) is 12.1 Å². The minimum Gasteiger partial charge on any atom is -0.466 e. The molecule has 6 nitrogen and oxygen atoms in total. The number of carbonyl (C=O) groups is 1. The number of hydrogen-bond donors (Lipinski definition) is 0. The van der Waals surface area contributed by atoms with Crippen LogP contribution in [0.2, 0.25) is 0 Å². The van der Waals surface area contributed by atoms with Gasteiger partial charge in [-0.3, -0.25) is 4.79 Å². The number of carbonyl (C=O) groups excluding carboxylic acids is 1. The SMILES string of the molecule is CCOC(=O)CC(B1OC(C)(C)C(C)(C)O1)c1ccc(N2CCN(C)CC2)cc1. The number of hydrogen-bond acceptors (Lipinski definition) is 6. The van der Waals surface area contributed by atoms with E-state index in [0.717, 1.165) is 31.7 Å². The summed E-state index contributed by atoms with van der Waals surface area (Å²) in [6.07, 6.45) is 0.235. The molecule has 2 heterocycles. The molecule has 1 unspecified atom stereocenters. The van der Waals surface area contributed by atoms with Gasteiger partial charge in [0.05, 0.1) is 24.2 Å². The lowest BCUT2D eigenvalue weighted by Crippen LogP contribution is -2.44. The quantitative estimate of drug-likeness (QED) is 0.539. The number of anilines is 1. The van der Waals surface area contributed by atoms with E-state index in [1.54, 1.807) is 0 Å². The van der Waals surface area contributed by atoms with Gasteiger partial charge in [-0.25, -0.2) is 0 Å². The predicted molar refractivity (Wildman–Crippen MR) is 116 cm³/mol. The lowest BCUT2D eigenvalue weighted by molar-refractivity contribution is -0.143. The first-order chi connectivity index (χ1) is 13.6. The molecule has 1 aromatic carbocycles. The highest BCUT2D eigenvalue weighted by atomic mass is 16.7. The molecule has 0 bridgehead atoms. The average Bonchev–Trinajstić information content (AvgIpc) is 2.88. The molecule has 2 saturated heterocycles. The van der Waals surface area contributed by atoms with Gasteiger partial charge in [0.2, 0.25) is 0 Å². The van der Waals surface area contributed by atoms with Crippen molar-refractivity contribution in [1.82, 2.24) is 4.90 Å². The summed E-state index contributed by atoms with van der Waals surface area (Å²) in [7, 11) is 1.67. The maximum absolute atomic E-state index is 12.3. The smallest absolute Gasteiger partial charge is 0.466 e. The van der Waals surface area contributed by atoms with E-state index in [2.05, 4.69) is 41.1 Å². The lowest BCUT2D eigenvalue weighted by atomic mass is 9.66. The van der Waals surface area contributed by atoms with Crippen LogP contribution in [0.1, 0.15) is 52.4 Å². The highest BCUT2D eigenvalue weighted by Crippen LogP contribution is 2.42.